The molecule has 6 nitrogen and oxygen atoms in total. The van der Waals surface area contributed by atoms with Crippen LogP contribution in [0.25, 0.3) is 0 Å². The zero-order chi connectivity index (χ0) is 22.7. The lowest BCUT2D eigenvalue weighted by atomic mass is 9.83. The summed E-state index contributed by atoms with van der Waals surface area (Å²) in [5.41, 5.74) is 2.93. The predicted octanol–water partition coefficient (Wildman–Crippen LogP) is 4.56. The Kier molecular flexibility index (Phi) is 9.62. The number of ether oxygens (including phenoxy) is 1. The Morgan fingerprint density at radius 3 is 2.56 bits per heavy atom. The highest BCUT2D eigenvalue weighted by molar-refractivity contribution is 5.79. The minimum absolute atomic E-state index is 0.333. The van der Waals surface area contributed by atoms with E-state index in [1.165, 1.54) is 36.8 Å². The van der Waals surface area contributed by atoms with Crippen molar-refractivity contribution in [1.82, 2.24) is 15.5 Å². The molecule has 1 saturated carbocycles. The molecular weight excluding hydrogens is 400 g/mol. The fourth-order valence-electron chi connectivity index (χ4n) is 4.64. The first-order valence-corrected chi connectivity index (χ1v) is 11.9. The molecule has 1 fully saturated rings. The summed E-state index contributed by atoms with van der Waals surface area (Å²) >= 11 is 0. The average Bonchev–Trinajstić information content (AvgIpc) is 3.48. The summed E-state index contributed by atoms with van der Waals surface area (Å²) in [6.45, 7) is 7.07. The van der Waals surface area contributed by atoms with E-state index < -0.39 is 0 Å². The van der Waals surface area contributed by atoms with Crippen LogP contribution in [0, 0.1) is 5.41 Å². The van der Waals surface area contributed by atoms with Crippen LogP contribution in [0.3, 0.4) is 0 Å². The highest BCUT2D eigenvalue weighted by Gasteiger charge is 2.33. The van der Waals surface area contributed by atoms with E-state index in [1.807, 2.05) is 19.2 Å². The van der Waals surface area contributed by atoms with Gasteiger partial charge in [-0.2, -0.15) is 0 Å². The number of furan rings is 1. The third kappa shape index (κ3) is 7.38. The van der Waals surface area contributed by atoms with Gasteiger partial charge in [-0.3, -0.25) is 9.89 Å². The van der Waals surface area contributed by atoms with E-state index in [-0.39, 0.29) is 0 Å². The molecule has 1 aromatic heterocycles. The van der Waals surface area contributed by atoms with Crippen molar-refractivity contribution < 1.29 is 9.15 Å². The van der Waals surface area contributed by atoms with E-state index in [9.17, 15) is 0 Å². The second-order valence-electron chi connectivity index (χ2n) is 8.95. The molecule has 2 N–H and O–H groups in total. The number of rotatable bonds is 12. The monoisotopic (exact) mass is 440 g/mol. The minimum Gasteiger partial charge on any atom is -0.468 e. The molecule has 0 aliphatic heterocycles. The number of guanidine groups is 1. The molecule has 1 aliphatic carbocycles. The van der Waals surface area contributed by atoms with E-state index in [0.717, 1.165) is 57.5 Å². The molecule has 0 unspecified atom stereocenters. The molecule has 6 heteroatoms. The molecule has 0 saturated heterocycles. The van der Waals surface area contributed by atoms with Crippen molar-refractivity contribution in [3.05, 3.63) is 59.5 Å². The number of aliphatic imine (C=N–C) groups is 1. The van der Waals surface area contributed by atoms with Gasteiger partial charge in [0.15, 0.2) is 5.96 Å². The summed E-state index contributed by atoms with van der Waals surface area (Å²) in [5, 5.41) is 7.12. The van der Waals surface area contributed by atoms with Crippen LogP contribution in [0.5, 0.6) is 0 Å². The maximum absolute atomic E-state index is 5.65. The number of hydrogen-bond donors (Lipinski definition) is 2. The summed E-state index contributed by atoms with van der Waals surface area (Å²) in [6, 6.07) is 12.6. The van der Waals surface area contributed by atoms with E-state index >= 15 is 0 Å². The Morgan fingerprint density at radius 2 is 1.88 bits per heavy atom. The Morgan fingerprint density at radius 1 is 1.09 bits per heavy atom. The molecule has 0 spiro atoms. The fourth-order valence-corrected chi connectivity index (χ4v) is 4.64. The van der Waals surface area contributed by atoms with E-state index in [4.69, 9.17) is 9.15 Å². The maximum Gasteiger partial charge on any atom is 0.191 e. The van der Waals surface area contributed by atoms with Crippen molar-refractivity contribution in [3.8, 4) is 0 Å². The molecule has 0 amide bonds. The number of nitrogens with one attached hydrogen (secondary N) is 2. The van der Waals surface area contributed by atoms with Crippen molar-refractivity contribution in [1.29, 1.82) is 0 Å². The molecule has 0 radical (unpaired) electrons. The third-order valence-corrected chi connectivity index (χ3v) is 6.51. The SMILES string of the molecule is CCOCCC1(CNC(=NC)NCc2ccccc2CN(C)Cc2ccco2)CCCC1. The van der Waals surface area contributed by atoms with E-state index in [0.29, 0.717) is 5.41 Å². The highest BCUT2D eigenvalue weighted by atomic mass is 16.5. The Bertz CT molecular complexity index is 813. The van der Waals surface area contributed by atoms with Gasteiger partial charge in [0.1, 0.15) is 5.76 Å². The van der Waals surface area contributed by atoms with Gasteiger partial charge < -0.3 is 19.8 Å². The molecule has 1 aliphatic rings. The summed E-state index contributed by atoms with van der Waals surface area (Å²) in [4.78, 5) is 6.74. The van der Waals surface area contributed by atoms with Crippen LogP contribution in [0.1, 0.15) is 55.9 Å². The Labute approximate surface area is 193 Å². The lowest BCUT2D eigenvalue weighted by Crippen LogP contribution is -2.43. The molecule has 3 rings (SSSR count). The normalized spacial score (nSPS) is 15.9. The van der Waals surface area contributed by atoms with Crippen LogP contribution in [0.15, 0.2) is 52.1 Å². The average molecular weight is 441 g/mol. The first kappa shape index (κ1) is 24.3. The maximum atomic E-state index is 5.65. The lowest BCUT2D eigenvalue weighted by Gasteiger charge is -2.30. The zero-order valence-electron chi connectivity index (χ0n) is 20.0. The second-order valence-corrected chi connectivity index (χ2v) is 8.95. The third-order valence-electron chi connectivity index (χ3n) is 6.51. The van der Waals surface area contributed by atoms with Crippen molar-refractivity contribution in [2.24, 2.45) is 10.4 Å². The topological polar surface area (TPSA) is 62.0 Å². The fraction of sp³-hybridized carbons (Fsp3) is 0.577. The molecule has 1 heterocycles. The van der Waals surface area contributed by atoms with E-state index in [1.54, 1.807) is 6.26 Å². The van der Waals surface area contributed by atoms with Crippen LogP contribution in [-0.4, -0.2) is 44.7 Å². The molecular formula is C26H40N4O2. The molecule has 0 bridgehead atoms. The highest BCUT2D eigenvalue weighted by Crippen LogP contribution is 2.40. The quantitative estimate of drug-likeness (QED) is 0.288. The second kappa shape index (κ2) is 12.7. The Hall–Kier alpha value is -2.31. The van der Waals surface area contributed by atoms with Gasteiger partial charge in [0.2, 0.25) is 0 Å². The smallest absolute Gasteiger partial charge is 0.191 e. The van der Waals surface area contributed by atoms with Crippen molar-refractivity contribution in [2.75, 3.05) is 33.9 Å². The van der Waals surface area contributed by atoms with Gasteiger partial charge in [0, 0.05) is 39.9 Å². The summed E-state index contributed by atoms with van der Waals surface area (Å²) in [5.74, 6) is 1.85. The van der Waals surface area contributed by atoms with Crippen LogP contribution in [0.4, 0.5) is 0 Å². The molecule has 1 aromatic carbocycles. The molecule has 176 valence electrons. The number of benzene rings is 1. The van der Waals surface area contributed by atoms with Crippen molar-refractivity contribution >= 4 is 5.96 Å². The van der Waals surface area contributed by atoms with Gasteiger partial charge >= 0.3 is 0 Å². The van der Waals surface area contributed by atoms with E-state index in [2.05, 4.69) is 58.8 Å². The van der Waals surface area contributed by atoms with Crippen LogP contribution >= 0.6 is 0 Å². The minimum atomic E-state index is 0.333. The van der Waals surface area contributed by atoms with Crippen LogP contribution in [-0.2, 0) is 24.4 Å². The Balaban J connectivity index is 1.52. The first-order chi connectivity index (χ1) is 15.6. The molecule has 2 aromatic rings. The van der Waals surface area contributed by atoms with Gasteiger partial charge in [-0.15, -0.1) is 0 Å². The predicted molar refractivity (Wildman–Crippen MR) is 131 cm³/mol. The van der Waals surface area contributed by atoms with Crippen molar-refractivity contribution in [3.63, 3.8) is 0 Å². The molecule has 0 atom stereocenters. The van der Waals surface area contributed by atoms with Gasteiger partial charge in [-0.25, -0.2) is 0 Å². The lowest BCUT2D eigenvalue weighted by molar-refractivity contribution is 0.105. The van der Waals surface area contributed by atoms with Gasteiger partial charge in [-0.05, 0) is 61.9 Å². The van der Waals surface area contributed by atoms with Crippen LogP contribution in [0.2, 0.25) is 0 Å². The summed E-state index contributed by atoms with van der Waals surface area (Å²) < 4.78 is 11.1. The van der Waals surface area contributed by atoms with Gasteiger partial charge in [0.25, 0.3) is 0 Å². The number of hydrogen-bond acceptors (Lipinski definition) is 4. The standard InChI is InChI=1S/C26H40N4O2/c1-4-31-17-15-26(13-7-8-14-26)21-29-25(27-2)28-18-22-10-5-6-11-23(22)19-30(3)20-24-12-9-16-32-24/h5-6,9-12,16H,4,7-8,13-15,17-21H2,1-3H3,(H2,27,28,29). The zero-order valence-corrected chi connectivity index (χ0v) is 20.0. The van der Waals surface area contributed by atoms with Crippen LogP contribution < -0.4 is 10.6 Å². The molecule has 32 heavy (non-hydrogen) atoms. The summed E-state index contributed by atoms with van der Waals surface area (Å²) in [6.07, 6.45) is 8.03. The largest absolute Gasteiger partial charge is 0.468 e. The first-order valence-electron chi connectivity index (χ1n) is 11.9. The summed E-state index contributed by atoms with van der Waals surface area (Å²) in [7, 11) is 3.97. The number of nitrogens with zero attached hydrogens (tertiary/aromatic N) is 2. The van der Waals surface area contributed by atoms with Gasteiger partial charge in [0.05, 0.1) is 12.8 Å². The van der Waals surface area contributed by atoms with Crippen molar-refractivity contribution in [2.45, 2.75) is 58.7 Å². The van der Waals surface area contributed by atoms with Gasteiger partial charge in [-0.1, -0.05) is 37.1 Å².